The highest BCUT2D eigenvalue weighted by Crippen LogP contribution is 2.27. The summed E-state index contributed by atoms with van der Waals surface area (Å²) >= 11 is 0.963. The molecular weight excluding hydrogens is 432 g/mol. The molecule has 0 radical (unpaired) electrons. The van der Waals surface area contributed by atoms with Gasteiger partial charge in [0.1, 0.15) is 15.9 Å². The Labute approximate surface area is 174 Å². The number of hydrogen-bond acceptors (Lipinski definition) is 7. The van der Waals surface area contributed by atoms with Crippen molar-refractivity contribution in [3.63, 3.8) is 0 Å². The Morgan fingerprint density at radius 1 is 0.828 bits per heavy atom. The first kappa shape index (κ1) is 20.4. The molecule has 1 fully saturated rings. The highest BCUT2D eigenvalue weighted by atomic mass is 32.2. The average molecular weight is 453 g/mol. The number of nitrogens with zero attached hydrogens (tertiary/aromatic N) is 4. The van der Waals surface area contributed by atoms with Crippen LogP contribution in [0.1, 0.15) is 11.1 Å². The molecule has 1 aliphatic rings. The maximum absolute atomic E-state index is 13.1. The van der Waals surface area contributed by atoms with Crippen LogP contribution in [0.25, 0.3) is 11.0 Å². The molecular formula is C18H20N4O4S3. The molecule has 0 spiro atoms. The molecule has 0 amide bonds. The summed E-state index contributed by atoms with van der Waals surface area (Å²) < 4.78 is 63.2. The quantitative estimate of drug-likeness (QED) is 0.600. The zero-order valence-corrected chi connectivity index (χ0v) is 18.4. The van der Waals surface area contributed by atoms with Gasteiger partial charge in [-0.05, 0) is 43.2 Å². The van der Waals surface area contributed by atoms with Gasteiger partial charge in [-0.3, -0.25) is 0 Å². The van der Waals surface area contributed by atoms with Crippen molar-refractivity contribution >= 4 is 42.8 Å². The molecule has 2 aromatic carbocycles. The number of benzene rings is 2. The summed E-state index contributed by atoms with van der Waals surface area (Å²) in [6.07, 6.45) is 0. The largest absolute Gasteiger partial charge is 0.245 e. The second kappa shape index (κ2) is 7.40. The van der Waals surface area contributed by atoms with Crippen LogP contribution in [0.3, 0.4) is 0 Å². The lowest BCUT2D eigenvalue weighted by Gasteiger charge is -2.33. The molecule has 154 valence electrons. The molecule has 0 saturated carbocycles. The third kappa shape index (κ3) is 3.57. The zero-order chi connectivity index (χ0) is 20.8. The molecule has 0 N–H and O–H groups in total. The normalized spacial score (nSPS) is 17.0. The number of piperazine rings is 1. The average Bonchev–Trinajstić information content (AvgIpc) is 3.18. The Hall–Kier alpha value is -1.92. The lowest BCUT2D eigenvalue weighted by molar-refractivity contribution is 0.273. The Morgan fingerprint density at radius 3 is 2.10 bits per heavy atom. The molecule has 2 heterocycles. The van der Waals surface area contributed by atoms with Gasteiger partial charge in [0.2, 0.25) is 20.0 Å². The molecule has 11 heteroatoms. The summed E-state index contributed by atoms with van der Waals surface area (Å²) in [4.78, 5) is 0.377. The fraction of sp³-hybridized carbons (Fsp3) is 0.333. The van der Waals surface area contributed by atoms with Crippen LogP contribution >= 0.6 is 11.7 Å². The van der Waals surface area contributed by atoms with E-state index in [4.69, 9.17) is 0 Å². The van der Waals surface area contributed by atoms with Crippen molar-refractivity contribution in [2.75, 3.05) is 26.2 Å². The van der Waals surface area contributed by atoms with Gasteiger partial charge in [-0.2, -0.15) is 17.4 Å². The first-order valence-electron chi connectivity index (χ1n) is 9.00. The van der Waals surface area contributed by atoms with Crippen molar-refractivity contribution in [1.29, 1.82) is 0 Å². The van der Waals surface area contributed by atoms with Crippen LogP contribution in [0.4, 0.5) is 0 Å². The number of hydrogen-bond donors (Lipinski definition) is 0. The molecule has 1 saturated heterocycles. The Bertz CT molecular complexity index is 1280. The minimum absolute atomic E-state index is 0.0837. The fourth-order valence-corrected chi connectivity index (χ4v) is 7.31. The SMILES string of the molecule is Cc1ccc(C)c(S(=O)(=O)N2CCN(S(=O)(=O)c3cccc4nsnc34)CC2)c1. The van der Waals surface area contributed by atoms with E-state index in [9.17, 15) is 16.8 Å². The lowest BCUT2D eigenvalue weighted by Crippen LogP contribution is -2.50. The highest BCUT2D eigenvalue weighted by Gasteiger charge is 2.35. The van der Waals surface area contributed by atoms with Gasteiger partial charge in [-0.25, -0.2) is 16.8 Å². The van der Waals surface area contributed by atoms with E-state index in [-0.39, 0.29) is 36.0 Å². The molecule has 3 aromatic rings. The van der Waals surface area contributed by atoms with Crippen molar-refractivity contribution < 1.29 is 16.8 Å². The summed E-state index contributed by atoms with van der Waals surface area (Å²) in [5.41, 5.74) is 2.42. The van der Waals surface area contributed by atoms with Gasteiger partial charge in [0.05, 0.1) is 16.6 Å². The topological polar surface area (TPSA) is 101 Å². The second-order valence-electron chi connectivity index (χ2n) is 6.97. The Balaban J connectivity index is 1.58. The van der Waals surface area contributed by atoms with Crippen molar-refractivity contribution in [2.45, 2.75) is 23.6 Å². The monoisotopic (exact) mass is 452 g/mol. The minimum atomic E-state index is -3.79. The van der Waals surface area contributed by atoms with Crippen molar-refractivity contribution in [3.05, 3.63) is 47.5 Å². The molecule has 1 aliphatic heterocycles. The van der Waals surface area contributed by atoms with E-state index in [1.54, 1.807) is 31.2 Å². The van der Waals surface area contributed by atoms with Crippen molar-refractivity contribution in [1.82, 2.24) is 17.4 Å². The maximum atomic E-state index is 13.1. The maximum Gasteiger partial charge on any atom is 0.245 e. The number of sulfonamides is 2. The van der Waals surface area contributed by atoms with Crippen LogP contribution in [-0.4, -0.2) is 60.4 Å². The Kier molecular flexibility index (Phi) is 5.20. The van der Waals surface area contributed by atoms with Crippen LogP contribution in [0.5, 0.6) is 0 Å². The third-order valence-electron chi connectivity index (χ3n) is 5.03. The number of aryl methyl sites for hydroxylation is 2. The third-order valence-corrected chi connectivity index (χ3v) is 9.54. The van der Waals surface area contributed by atoms with Crippen LogP contribution < -0.4 is 0 Å². The minimum Gasteiger partial charge on any atom is -0.207 e. The smallest absolute Gasteiger partial charge is 0.207 e. The van der Waals surface area contributed by atoms with E-state index in [2.05, 4.69) is 8.75 Å². The van der Waals surface area contributed by atoms with E-state index in [1.165, 1.54) is 14.7 Å². The van der Waals surface area contributed by atoms with Gasteiger partial charge in [0.15, 0.2) is 0 Å². The molecule has 8 nitrogen and oxygen atoms in total. The van der Waals surface area contributed by atoms with Gasteiger partial charge in [-0.1, -0.05) is 18.2 Å². The molecule has 0 bridgehead atoms. The molecule has 4 rings (SSSR count). The first-order valence-corrected chi connectivity index (χ1v) is 12.6. The van der Waals surface area contributed by atoms with Gasteiger partial charge < -0.3 is 0 Å². The van der Waals surface area contributed by atoms with Crippen LogP contribution in [0, 0.1) is 13.8 Å². The number of fused-ring (bicyclic) bond motifs is 1. The van der Waals surface area contributed by atoms with E-state index in [0.29, 0.717) is 16.6 Å². The van der Waals surface area contributed by atoms with E-state index in [0.717, 1.165) is 17.3 Å². The number of aromatic nitrogens is 2. The molecule has 0 atom stereocenters. The van der Waals surface area contributed by atoms with Gasteiger partial charge in [0.25, 0.3) is 0 Å². The first-order chi connectivity index (χ1) is 13.7. The molecule has 29 heavy (non-hydrogen) atoms. The predicted octanol–water partition coefficient (Wildman–Crippen LogP) is 2.00. The van der Waals surface area contributed by atoms with Crippen LogP contribution in [0.15, 0.2) is 46.2 Å². The highest BCUT2D eigenvalue weighted by molar-refractivity contribution is 7.89. The summed E-state index contributed by atoms with van der Waals surface area (Å²) in [6, 6.07) is 10.2. The number of rotatable bonds is 4. The van der Waals surface area contributed by atoms with E-state index < -0.39 is 20.0 Å². The molecule has 0 unspecified atom stereocenters. The zero-order valence-electron chi connectivity index (χ0n) is 15.9. The fourth-order valence-electron chi connectivity index (χ4n) is 3.40. The standard InChI is InChI=1S/C18H20N4O4S3/c1-13-6-7-14(2)17(12-13)29(25,26)22-10-8-21(9-11-22)28(23,24)16-5-3-4-15-18(16)20-27-19-15/h3-7,12H,8-11H2,1-2H3. The summed E-state index contributed by atoms with van der Waals surface area (Å²) in [5.74, 6) is 0. The summed E-state index contributed by atoms with van der Waals surface area (Å²) in [7, 11) is -7.47. The van der Waals surface area contributed by atoms with Gasteiger partial charge in [0, 0.05) is 26.2 Å². The second-order valence-corrected chi connectivity index (χ2v) is 11.3. The van der Waals surface area contributed by atoms with E-state index in [1.807, 2.05) is 13.0 Å². The summed E-state index contributed by atoms with van der Waals surface area (Å²) in [6.45, 7) is 3.97. The Morgan fingerprint density at radius 2 is 1.45 bits per heavy atom. The lowest BCUT2D eigenvalue weighted by atomic mass is 10.2. The van der Waals surface area contributed by atoms with Crippen LogP contribution in [-0.2, 0) is 20.0 Å². The van der Waals surface area contributed by atoms with Crippen molar-refractivity contribution in [3.8, 4) is 0 Å². The molecule has 1 aromatic heterocycles. The van der Waals surface area contributed by atoms with Crippen LogP contribution in [0.2, 0.25) is 0 Å². The van der Waals surface area contributed by atoms with Gasteiger partial charge >= 0.3 is 0 Å². The predicted molar refractivity (Wildman–Crippen MR) is 111 cm³/mol. The molecule has 0 aliphatic carbocycles. The summed E-state index contributed by atoms with van der Waals surface area (Å²) in [5, 5.41) is 0. The van der Waals surface area contributed by atoms with E-state index >= 15 is 0 Å². The van der Waals surface area contributed by atoms with Gasteiger partial charge in [-0.15, -0.1) is 0 Å². The van der Waals surface area contributed by atoms with Crippen molar-refractivity contribution in [2.24, 2.45) is 0 Å².